The van der Waals surface area contributed by atoms with Gasteiger partial charge in [0, 0.05) is 39.1 Å². The summed E-state index contributed by atoms with van der Waals surface area (Å²) in [6.45, 7) is 0.893. The molecule has 2 nitrogen and oxygen atoms in total. The molecule has 0 amide bonds. The van der Waals surface area contributed by atoms with Crippen LogP contribution in [0.4, 0.5) is 0 Å². The van der Waals surface area contributed by atoms with E-state index in [-0.39, 0.29) is 0 Å². The average molecular weight is 426 g/mol. The maximum atomic E-state index is 6.36. The van der Waals surface area contributed by atoms with Crippen molar-refractivity contribution in [3.8, 4) is 0 Å². The molecule has 0 aliphatic rings. The van der Waals surface area contributed by atoms with Crippen molar-refractivity contribution in [1.82, 2.24) is 9.55 Å². The van der Waals surface area contributed by atoms with E-state index in [4.69, 9.17) is 34.8 Å². The highest BCUT2D eigenvalue weighted by Crippen LogP contribution is 2.34. The van der Waals surface area contributed by atoms with Crippen LogP contribution < -0.4 is 0 Å². The van der Waals surface area contributed by atoms with E-state index >= 15 is 0 Å². The first kappa shape index (κ1) is 19.6. The summed E-state index contributed by atoms with van der Waals surface area (Å²) in [5.74, 6) is 0. The van der Waals surface area contributed by atoms with Crippen LogP contribution >= 0.6 is 46.6 Å². The van der Waals surface area contributed by atoms with Crippen molar-refractivity contribution in [1.29, 1.82) is 0 Å². The predicted molar refractivity (Wildman–Crippen MR) is 113 cm³/mol. The van der Waals surface area contributed by atoms with E-state index in [1.807, 2.05) is 43.0 Å². The van der Waals surface area contributed by atoms with E-state index in [0.717, 1.165) is 35.7 Å². The first-order chi connectivity index (χ1) is 12.6. The molecule has 3 aromatic rings. The number of halogens is 3. The number of hydrogen-bond acceptors (Lipinski definition) is 2. The maximum absolute atomic E-state index is 6.36. The molecule has 1 aromatic heterocycles. The van der Waals surface area contributed by atoms with Crippen LogP contribution in [0.2, 0.25) is 15.1 Å². The monoisotopic (exact) mass is 424 g/mol. The van der Waals surface area contributed by atoms with Gasteiger partial charge >= 0.3 is 0 Å². The molecule has 1 atom stereocenters. The van der Waals surface area contributed by atoms with E-state index in [0.29, 0.717) is 15.3 Å². The van der Waals surface area contributed by atoms with Gasteiger partial charge in [-0.05, 0) is 55.2 Å². The molecule has 3 rings (SSSR count). The van der Waals surface area contributed by atoms with Crippen LogP contribution in [0.5, 0.6) is 0 Å². The fourth-order valence-electron chi connectivity index (χ4n) is 2.75. The molecule has 1 heterocycles. The fourth-order valence-corrected chi connectivity index (χ4v) is 4.63. The quantitative estimate of drug-likeness (QED) is 0.361. The number of imidazole rings is 1. The number of benzene rings is 2. The zero-order valence-electron chi connectivity index (χ0n) is 14.1. The zero-order chi connectivity index (χ0) is 18.4. The summed E-state index contributed by atoms with van der Waals surface area (Å²) in [5.41, 5.74) is 1.31. The van der Waals surface area contributed by atoms with Gasteiger partial charge in [0.2, 0.25) is 0 Å². The lowest BCUT2D eigenvalue weighted by Crippen LogP contribution is -2.12. The number of hydrogen-bond donors (Lipinski definition) is 0. The smallest absolute Gasteiger partial charge is 0.0946 e. The van der Waals surface area contributed by atoms with Crippen LogP contribution in [-0.4, -0.2) is 14.8 Å². The molecule has 26 heavy (non-hydrogen) atoms. The van der Waals surface area contributed by atoms with E-state index < -0.39 is 0 Å². The average Bonchev–Trinajstić information content (AvgIpc) is 3.12. The maximum Gasteiger partial charge on any atom is 0.0946 e. The van der Waals surface area contributed by atoms with Gasteiger partial charge in [-0.25, -0.2) is 4.98 Å². The molecule has 0 saturated heterocycles. The minimum Gasteiger partial charge on any atom is -0.336 e. The van der Waals surface area contributed by atoms with Gasteiger partial charge in [-0.3, -0.25) is 0 Å². The van der Waals surface area contributed by atoms with Gasteiger partial charge in [0.1, 0.15) is 0 Å². The Kier molecular flexibility index (Phi) is 7.32. The predicted octanol–water partition coefficient (Wildman–Crippen LogP) is 7.03. The Morgan fingerprint density at radius 3 is 2.46 bits per heavy atom. The highest BCUT2D eigenvalue weighted by Gasteiger charge is 2.14. The Hall–Kier alpha value is -1.13. The molecule has 0 N–H and O–H groups in total. The topological polar surface area (TPSA) is 17.8 Å². The molecular weight excluding hydrogens is 407 g/mol. The van der Waals surface area contributed by atoms with Crippen molar-refractivity contribution in [3.05, 3.63) is 81.8 Å². The van der Waals surface area contributed by atoms with Gasteiger partial charge in [-0.1, -0.05) is 46.9 Å². The third kappa shape index (κ3) is 5.95. The molecule has 1 unspecified atom stereocenters. The molecule has 0 radical (unpaired) electrons. The lowest BCUT2D eigenvalue weighted by molar-refractivity contribution is 0.601. The van der Waals surface area contributed by atoms with Crippen LogP contribution in [0.25, 0.3) is 0 Å². The SMILES string of the molecule is Clc1ccc(CCCC(Cn2ccnc2)Sc2ccc(Cl)cc2Cl)cc1. The summed E-state index contributed by atoms with van der Waals surface area (Å²) in [5, 5.41) is 2.54. The Labute approximate surface area is 173 Å². The standard InChI is InChI=1S/C20H19Cl3N2S/c21-16-6-4-15(5-7-16)2-1-3-18(13-25-11-10-24-14-25)26-20-9-8-17(22)12-19(20)23/h4-12,14,18H,1-3,13H2. The van der Waals surface area contributed by atoms with Crippen LogP contribution in [0.3, 0.4) is 0 Å². The molecule has 136 valence electrons. The Bertz CT molecular complexity index is 820. The highest BCUT2D eigenvalue weighted by atomic mass is 35.5. The van der Waals surface area contributed by atoms with Crippen molar-refractivity contribution in [2.75, 3.05) is 0 Å². The summed E-state index contributed by atoms with van der Waals surface area (Å²) in [6.07, 6.45) is 8.87. The van der Waals surface area contributed by atoms with Gasteiger partial charge in [-0.15, -0.1) is 11.8 Å². The van der Waals surface area contributed by atoms with Crippen molar-refractivity contribution < 1.29 is 0 Å². The van der Waals surface area contributed by atoms with Crippen LogP contribution in [0.1, 0.15) is 18.4 Å². The Balaban J connectivity index is 1.63. The zero-order valence-corrected chi connectivity index (χ0v) is 17.2. The summed E-state index contributed by atoms with van der Waals surface area (Å²) >= 11 is 20.1. The van der Waals surface area contributed by atoms with E-state index in [1.54, 1.807) is 17.8 Å². The minimum absolute atomic E-state index is 0.398. The van der Waals surface area contributed by atoms with Crippen molar-refractivity contribution in [2.45, 2.75) is 36.0 Å². The molecule has 6 heteroatoms. The van der Waals surface area contributed by atoms with E-state index in [9.17, 15) is 0 Å². The molecule has 0 bridgehead atoms. The lowest BCUT2D eigenvalue weighted by atomic mass is 10.1. The number of thioether (sulfide) groups is 1. The highest BCUT2D eigenvalue weighted by molar-refractivity contribution is 8.00. The molecule has 0 aliphatic carbocycles. The van der Waals surface area contributed by atoms with Gasteiger partial charge < -0.3 is 4.57 Å². The summed E-state index contributed by atoms with van der Waals surface area (Å²) in [7, 11) is 0. The first-order valence-electron chi connectivity index (χ1n) is 8.42. The first-order valence-corrected chi connectivity index (χ1v) is 10.4. The molecular formula is C20H19Cl3N2S. The summed E-state index contributed by atoms with van der Waals surface area (Å²) < 4.78 is 2.11. The van der Waals surface area contributed by atoms with Crippen LogP contribution in [0.15, 0.2) is 66.1 Å². The third-order valence-electron chi connectivity index (χ3n) is 4.07. The molecule has 0 fully saturated rings. The number of rotatable bonds is 8. The second kappa shape index (κ2) is 9.70. The number of nitrogens with zero attached hydrogens (tertiary/aromatic N) is 2. The Morgan fingerprint density at radius 2 is 1.77 bits per heavy atom. The summed E-state index contributed by atoms with van der Waals surface area (Å²) in [6, 6.07) is 13.8. The third-order valence-corrected chi connectivity index (χ3v) is 6.31. The fraction of sp³-hybridized carbons (Fsp3) is 0.250. The molecule has 0 saturated carbocycles. The number of aromatic nitrogens is 2. The van der Waals surface area contributed by atoms with Crippen molar-refractivity contribution in [3.63, 3.8) is 0 Å². The van der Waals surface area contributed by atoms with Crippen molar-refractivity contribution >= 4 is 46.6 Å². The van der Waals surface area contributed by atoms with Gasteiger partial charge in [0.25, 0.3) is 0 Å². The van der Waals surface area contributed by atoms with Crippen molar-refractivity contribution in [2.24, 2.45) is 0 Å². The minimum atomic E-state index is 0.398. The van der Waals surface area contributed by atoms with E-state index in [2.05, 4.69) is 21.7 Å². The molecule has 2 aromatic carbocycles. The second-order valence-corrected chi connectivity index (χ2v) is 8.72. The van der Waals surface area contributed by atoms with Gasteiger partial charge in [-0.2, -0.15) is 0 Å². The summed E-state index contributed by atoms with van der Waals surface area (Å²) in [4.78, 5) is 5.21. The molecule has 0 aliphatic heterocycles. The normalized spacial score (nSPS) is 12.3. The van der Waals surface area contributed by atoms with Gasteiger partial charge in [0.05, 0.1) is 11.3 Å². The lowest BCUT2D eigenvalue weighted by Gasteiger charge is -2.18. The number of aryl methyl sites for hydroxylation is 1. The molecule has 0 spiro atoms. The van der Waals surface area contributed by atoms with Crippen LogP contribution in [0, 0.1) is 0 Å². The second-order valence-electron chi connectivity index (χ2n) is 6.09. The van der Waals surface area contributed by atoms with E-state index in [1.165, 1.54) is 5.56 Å². The van der Waals surface area contributed by atoms with Gasteiger partial charge in [0.15, 0.2) is 0 Å². The van der Waals surface area contributed by atoms with Crippen LogP contribution in [-0.2, 0) is 13.0 Å². The largest absolute Gasteiger partial charge is 0.336 e. The Morgan fingerprint density at radius 1 is 1.00 bits per heavy atom.